The molecule has 6 rings (SSSR count). The molecule has 0 radical (unpaired) electrons. The largest absolute Gasteiger partial charge is 0.488 e. The highest BCUT2D eigenvalue weighted by Gasteiger charge is 2.31. The van der Waals surface area contributed by atoms with Crippen LogP contribution in [-0.2, 0) is 25.4 Å². The van der Waals surface area contributed by atoms with Gasteiger partial charge in [0.1, 0.15) is 18.4 Å². The zero-order valence-corrected chi connectivity index (χ0v) is 26.9. The summed E-state index contributed by atoms with van der Waals surface area (Å²) in [5, 5.41) is 6.83. The monoisotopic (exact) mass is 701 g/mol. The van der Waals surface area contributed by atoms with E-state index in [9.17, 15) is 31.1 Å². The van der Waals surface area contributed by atoms with E-state index in [2.05, 4.69) is 15.5 Å². The topological polar surface area (TPSA) is 77.2 Å². The Kier molecular flexibility index (Phi) is 9.95. The summed E-state index contributed by atoms with van der Waals surface area (Å²) in [6.45, 7) is 1.78. The molecule has 51 heavy (non-hydrogen) atoms. The van der Waals surface area contributed by atoms with Gasteiger partial charge in [0.15, 0.2) is 5.82 Å². The number of nitrogens with zero attached hydrogens (tertiary/aromatic N) is 2. The first kappa shape index (κ1) is 34.9. The van der Waals surface area contributed by atoms with Crippen molar-refractivity contribution in [2.75, 3.05) is 0 Å². The number of hydrogen-bond donors (Lipinski definition) is 1. The molecule has 0 bridgehead atoms. The summed E-state index contributed by atoms with van der Waals surface area (Å²) in [4.78, 5) is 18.4. The molecule has 260 valence electrons. The molecule has 1 N–H and O–H groups in total. The quantitative estimate of drug-likeness (QED) is 0.144. The van der Waals surface area contributed by atoms with Gasteiger partial charge in [-0.3, -0.25) is 4.79 Å². The molecule has 0 fully saturated rings. The maximum Gasteiger partial charge on any atom is 0.416 e. The molecule has 12 heteroatoms. The van der Waals surface area contributed by atoms with Gasteiger partial charge in [-0.15, -0.1) is 0 Å². The molecule has 0 aliphatic heterocycles. The Balaban J connectivity index is 1.28. The van der Waals surface area contributed by atoms with Gasteiger partial charge >= 0.3 is 12.4 Å². The van der Waals surface area contributed by atoms with Gasteiger partial charge in [0.05, 0.1) is 16.7 Å². The van der Waals surface area contributed by atoms with Crippen LogP contribution in [0.1, 0.15) is 50.4 Å². The van der Waals surface area contributed by atoms with Gasteiger partial charge in [0, 0.05) is 6.42 Å². The van der Waals surface area contributed by atoms with Crippen molar-refractivity contribution in [3.63, 3.8) is 0 Å². The first-order valence-corrected chi connectivity index (χ1v) is 15.7. The molecular weight excluding hydrogens is 672 g/mol. The lowest BCUT2D eigenvalue weighted by atomic mass is 9.98. The summed E-state index contributed by atoms with van der Waals surface area (Å²) in [5.41, 5.74) is 2.45. The van der Waals surface area contributed by atoms with Crippen molar-refractivity contribution in [3.05, 3.63) is 161 Å². The van der Waals surface area contributed by atoms with Gasteiger partial charge in [-0.25, -0.2) is 0 Å². The minimum atomic E-state index is -4.50. The van der Waals surface area contributed by atoms with E-state index < -0.39 is 35.4 Å². The van der Waals surface area contributed by atoms with E-state index in [0.717, 1.165) is 35.4 Å². The lowest BCUT2D eigenvalue weighted by Gasteiger charge is -2.18. The number of aryl methyl sites for hydroxylation is 1. The van der Waals surface area contributed by atoms with E-state index in [1.165, 1.54) is 24.3 Å². The van der Waals surface area contributed by atoms with E-state index in [0.29, 0.717) is 28.1 Å². The van der Waals surface area contributed by atoms with Crippen LogP contribution in [0.25, 0.3) is 22.3 Å². The van der Waals surface area contributed by atoms with Gasteiger partial charge in [-0.05, 0) is 76.7 Å². The normalized spacial score (nSPS) is 12.4. The fourth-order valence-electron chi connectivity index (χ4n) is 5.41. The van der Waals surface area contributed by atoms with Gasteiger partial charge in [0.25, 0.3) is 5.91 Å². The number of carbonyl (C=O) groups excluding carboxylic acids is 1. The minimum Gasteiger partial charge on any atom is -0.488 e. The van der Waals surface area contributed by atoms with Crippen molar-refractivity contribution in [1.82, 2.24) is 15.5 Å². The Morgan fingerprint density at radius 1 is 0.706 bits per heavy atom. The third-order valence-corrected chi connectivity index (χ3v) is 8.09. The molecule has 0 unspecified atom stereocenters. The standard InChI is InChI=1S/C39H29F6N3O3/c1-24-46-37(51-48-24)34(21-25-7-9-27(10-8-25)28-11-16-31(17-12-28)38(40,41)42)47-36(49)33-22-30(29-13-18-32(19-14-29)39(43,44)45)15-20-35(33)50-23-26-5-3-2-4-6-26/h2-20,22,34H,21,23H2,1H3,(H,47,49)/t34-/m1/s1. The van der Waals surface area contributed by atoms with Crippen LogP contribution < -0.4 is 10.1 Å². The number of aromatic nitrogens is 2. The van der Waals surface area contributed by atoms with Crippen LogP contribution in [0.5, 0.6) is 5.75 Å². The molecule has 0 saturated heterocycles. The summed E-state index contributed by atoms with van der Waals surface area (Å²) < 4.78 is 90.2. The molecule has 1 heterocycles. The highest BCUT2D eigenvalue weighted by atomic mass is 19.4. The predicted octanol–water partition coefficient (Wildman–Crippen LogP) is 10.0. The van der Waals surface area contributed by atoms with Gasteiger partial charge in [0.2, 0.25) is 5.89 Å². The van der Waals surface area contributed by atoms with Crippen molar-refractivity contribution >= 4 is 5.91 Å². The van der Waals surface area contributed by atoms with Crippen LogP contribution in [0.4, 0.5) is 26.3 Å². The highest BCUT2D eigenvalue weighted by Crippen LogP contribution is 2.34. The van der Waals surface area contributed by atoms with Crippen LogP contribution in [0.15, 0.2) is 126 Å². The lowest BCUT2D eigenvalue weighted by molar-refractivity contribution is -0.138. The molecule has 1 aromatic heterocycles. The first-order chi connectivity index (χ1) is 24.3. The highest BCUT2D eigenvalue weighted by molar-refractivity contribution is 5.98. The number of halogens is 6. The fraction of sp³-hybridized carbons (Fsp3) is 0.154. The van der Waals surface area contributed by atoms with Crippen LogP contribution >= 0.6 is 0 Å². The van der Waals surface area contributed by atoms with Crippen LogP contribution in [0.3, 0.4) is 0 Å². The summed E-state index contributed by atoms with van der Waals surface area (Å²) >= 11 is 0. The van der Waals surface area contributed by atoms with E-state index in [4.69, 9.17) is 9.26 Å². The van der Waals surface area contributed by atoms with Crippen LogP contribution in [-0.4, -0.2) is 16.0 Å². The summed E-state index contributed by atoms with van der Waals surface area (Å²) in [5.74, 6) is 0.166. The molecule has 1 amide bonds. The van der Waals surface area contributed by atoms with Gasteiger partial charge < -0.3 is 14.6 Å². The molecule has 6 aromatic rings. The zero-order chi connectivity index (χ0) is 36.2. The SMILES string of the molecule is Cc1noc([C@@H](Cc2ccc(-c3ccc(C(F)(F)F)cc3)cc2)NC(=O)c2cc(-c3ccc(C(F)(F)F)cc3)ccc2OCc2ccccc2)n1. The Morgan fingerprint density at radius 3 is 1.76 bits per heavy atom. The smallest absolute Gasteiger partial charge is 0.416 e. The molecule has 1 atom stereocenters. The molecule has 5 aromatic carbocycles. The predicted molar refractivity (Wildman–Crippen MR) is 177 cm³/mol. The summed E-state index contributed by atoms with van der Waals surface area (Å²) in [6.07, 6.45) is -8.73. The minimum absolute atomic E-state index is 0.127. The second-order valence-corrected chi connectivity index (χ2v) is 11.7. The molecule has 0 saturated carbocycles. The average Bonchev–Trinajstić information content (AvgIpc) is 3.56. The number of amides is 1. The van der Waals surface area contributed by atoms with E-state index in [1.807, 2.05) is 30.3 Å². The molecule has 0 spiro atoms. The number of rotatable bonds is 10. The van der Waals surface area contributed by atoms with Crippen molar-refractivity contribution in [2.24, 2.45) is 0 Å². The number of nitrogens with one attached hydrogen (secondary N) is 1. The first-order valence-electron chi connectivity index (χ1n) is 15.7. The second-order valence-electron chi connectivity index (χ2n) is 11.7. The van der Waals surface area contributed by atoms with Crippen molar-refractivity contribution in [2.45, 2.75) is 38.3 Å². The number of ether oxygens (including phenoxy) is 1. The van der Waals surface area contributed by atoms with E-state index in [1.54, 1.807) is 49.4 Å². The number of benzene rings is 5. The van der Waals surface area contributed by atoms with Crippen molar-refractivity contribution < 1.29 is 40.4 Å². The zero-order valence-electron chi connectivity index (χ0n) is 26.9. The van der Waals surface area contributed by atoms with E-state index >= 15 is 0 Å². The Bertz CT molecular complexity index is 2090. The average molecular weight is 702 g/mol. The number of carbonyl (C=O) groups is 1. The molecule has 0 aliphatic rings. The second kappa shape index (κ2) is 14.5. The molecule has 0 aliphatic carbocycles. The van der Waals surface area contributed by atoms with Gasteiger partial charge in [-0.1, -0.05) is 90.1 Å². The van der Waals surface area contributed by atoms with E-state index in [-0.39, 0.29) is 30.2 Å². The molecular formula is C39H29F6N3O3. The van der Waals surface area contributed by atoms with Crippen LogP contribution in [0.2, 0.25) is 0 Å². The Labute approximate surface area is 288 Å². The Hall–Kier alpha value is -5.91. The third kappa shape index (κ3) is 8.64. The van der Waals surface area contributed by atoms with Crippen molar-refractivity contribution in [1.29, 1.82) is 0 Å². The van der Waals surface area contributed by atoms with Gasteiger partial charge in [-0.2, -0.15) is 31.3 Å². The number of alkyl halides is 6. The van der Waals surface area contributed by atoms with Crippen molar-refractivity contribution in [3.8, 4) is 28.0 Å². The third-order valence-electron chi connectivity index (χ3n) is 8.09. The maximum absolute atomic E-state index is 14.1. The summed E-state index contributed by atoms with van der Waals surface area (Å²) in [7, 11) is 0. The molecule has 6 nitrogen and oxygen atoms in total. The fourth-order valence-corrected chi connectivity index (χ4v) is 5.41. The maximum atomic E-state index is 14.1. The van der Waals surface area contributed by atoms with Crippen LogP contribution in [0, 0.1) is 6.92 Å². The lowest BCUT2D eigenvalue weighted by Crippen LogP contribution is -2.30. The number of hydrogen-bond acceptors (Lipinski definition) is 5. The summed E-state index contributed by atoms with van der Waals surface area (Å²) in [6, 6.07) is 29.9. The Morgan fingerprint density at radius 2 is 1.24 bits per heavy atom.